The molecule has 0 aliphatic heterocycles. The van der Waals surface area contributed by atoms with Crippen molar-refractivity contribution in [1.29, 1.82) is 0 Å². The van der Waals surface area contributed by atoms with Gasteiger partial charge >= 0.3 is 140 Å². The van der Waals surface area contributed by atoms with Gasteiger partial charge in [0, 0.05) is 0 Å². The van der Waals surface area contributed by atoms with Crippen molar-refractivity contribution in [3.05, 3.63) is 65.7 Å². The van der Waals surface area contributed by atoms with Crippen molar-refractivity contribution >= 4 is 37.3 Å². The molecule has 2 aromatic carbocycles. The first-order chi connectivity index (χ1) is 10.1. The monoisotopic (exact) mass is 475 g/mol. The molecule has 0 spiro atoms. The van der Waals surface area contributed by atoms with Gasteiger partial charge in [0.25, 0.3) is 0 Å². The molecule has 105 valence electrons. The average molecular weight is 475 g/mol. The quantitative estimate of drug-likeness (QED) is 0.478. The number of Topliss-reactive ketones (excluding diaryl/α,β-unsaturated/α-hetero) is 2. The van der Waals surface area contributed by atoms with Gasteiger partial charge in [-0.2, -0.15) is 0 Å². The molecule has 4 heteroatoms. The molecule has 0 saturated carbocycles. The zero-order valence-electron chi connectivity index (χ0n) is 11.7. The first kappa shape index (κ1) is 15.9. The average Bonchev–Trinajstić information content (AvgIpc) is 2.53. The Kier molecular flexibility index (Phi) is 5.67. The van der Waals surface area contributed by atoms with Gasteiger partial charge in [-0.1, -0.05) is 0 Å². The minimum absolute atomic E-state index is 0.00115. The third-order valence-corrected chi connectivity index (χ3v) is 4.52. The van der Waals surface area contributed by atoms with Gasteiger partial charge in [0.15, 0.2) is 0 Å². The standard InChI is InChI=1S/C17H15O3.Pb/c1-12(18)14-8-10-16(11-9-14)20-13(2)17(19)15-6-4-3-5-7-15;/h3-11,13H,2H2,1H3;. The van der Waals surface area contributed by atoms with Crippen molar-refractivity contribution in [3.8, 4) is 5.75 Å². The normalized spacial score (nSPS) is 11.7. The maximum atomic E-state index is 12.4. The Labute approximate surface area is 140 Å². The molecule has 2 aromatic rings. The van der Waals surface area contributed by atoms with Crippen LogP contribution in [-0.2, 0) is 0 Å². The SMILES string of the molecule is CC(=O)c1ccc(OC([CH2][Pb])C(=O)c2ccccc2)cc1. The van der Waals surface area contributed by atoms with E-state index in [-0.39, 0.29) is 11.6 Å². The van der Waals surface area contributed by atoms with Crippen molar-refractivity contribution in [1.82, 2.24) is 0 Å². The van der Waals surface area contributed by atoms with E-state index in [4.69, 9.17) is 4.74 Å². The molecule has 0 N–H and O–H groups in total. The number of carbonyl (C=O) groups excluding carboxylic acids is 2. The Morgan fingerprint density at radius 2 is 1.62 bits per heavy atom. The predicted octanol–water partition coefficient (Wildman–Crippen LogP) is 3.11. The van der Waals surface area contributed by atoms with Gasteiger partial charge in [0.1, 0.15) is 0 Å². The number of ether oxygens (including phenoxy) is 1. The van der Waals surface area contributed by atoms with Crippen LogP contribution in [-0.4, -0.2) is 43.4 Å². The molecule has 0 aromatic heterocycles. The van der Waals surface area contributed by atoms with Gasteiger partial charge in [-0.25, -0.2) is 0 Å². The summed E-state index contributed by atoms with van der Waals surface area (Å²) < 4.78 is 6.51. The maximum absolute atomic E-state index is 12.4. The molecular weight excluding hydrogens is 459 g/mol. The van der Waals surface area contributed by atoms with E-state index >= 15 is 0 Å². The molecular formula is C17H15O3Pb. The Hall–Kier alpha value is -1.50. The molecule has 0 saturated heterocycles. The second-order valence-electron chi connectivity index (χ2n) is 4.62. The Morgan fingerprint density at radius 1 is 1.00 bits per heavy atom. The molecule has 1 unspecified atom stereocenters. The molecule has 0 aliphatic rings. The van der Waals surface area contributed by atoms with Crippen molar-refractivity contribution in [2.45, 2.75) is 17.0 Å². The van der Waals surface area contributed by atoms with E-state index in [1.807, 2.05) is 18.2 Å². The van der Waals surface area contributed by atoms with Gasteiger partial charge in [-0.3, -0.25) is 0 Å². The summed E-state index contributed by atoms with van der Waals surface area (Å²) in [6.07, 6.45) is -0.456. The predicted molar refractivity (Wildman–Crippen MR) is 82.2 cm³/mol. The van der Waals surface area contributed by atoms with Crippen molar-refractivity contribution in [3.63, 3.8) is 0 Å². The summed E-state index contributed by atoms with van der Waals surface area (Å²) in [4.78, 5) is 23.6. The summed E-state index contributed by atoms with van der Waals surface area (Å²) in [6.45, 7) is 1.52. The summed E-state index contributed by atoms with van der Waals surface area (Å²) >= 11 is 0.877. The van der Waals surface area contributed by atoms with Crippen LogP contribution in [0.2, 0.25) is 3.98 Å². The van der Waals surface area contributed by atoms with Gasteiger partial charge in [0.05, 0.1) is 0 Å². The number of benzene rings is 2. The van der Waals surface area contributed by atoms with E-state index in [0.717, 1.165) is 29.7 Å². The van der Waals surface area contributed by atoms with Crippen LogP contribution >= 0.6 is 0 Å². The third-order valence-electron chi connectivity index (χ3n) is 3.08. The second kappa shape index (κ2) is 7.49. The van der Waals surface area contributed by atoms with E-state index in [1.54, 1.807) is 36.4 Å². The topological polar surface area (TPSA) is 43.4 Å². The number of ketones is 2. The van der Waals surface area contributed by atoms with Gasteiger partial charge in [0.2, 0.25) is 0 Å². The molecule has 0 aliphatic carbocycles. The van der Waals surface area contributed by atoms with Crippen molar-refractivity contribution in [2.24, 2.45) is 0 Å². The molecule has 0 heterocycles. The molecule has 2 rings (SSSR count). The van der Waals surface area contributed by atoms with Crippen LogP contribution < -0.4 is 4.74 Å². The number of rotatable bonds is 6. The number of hydrogen-bond acceptors (Lipinski definition) is 3. The summed E-state index contributed by atoms with van der Waals surface area (Å²) in [5.41, 5.74) is 1.30. The summed E-state index contributed by atoms with van der Waals surface area (Å²) in [6, 6.07) is 16.1. The third kappa shape index (κ3) is 4.23. The molecule has 0 fully saturated rings. The molecule has 0 bridgehead atoms. The summed E-state index contributed by atoms with van der Waals surface area (Å²) in [7, 11) is 0. The van der Waals surface area contributed by atoms with Crippen molar-refractivity contribution < 1.29 is 14.3 Å². The fourth-order valence-electron chi connectivity index (χ4n) is 1.91. The molecule has 21 heavy (non-hydrogen) atoms. The molecule has 3 nitrogen and oxygen atoms in total. The summed E-state index contributed by atoms with van der Waals surface area (Å²) in [5, 5.41) is 0. The van der Waals surface area contributed by atoms with E-state index in [9.17, 15) is 9.59 Å². The summed E-state index contributed by atoms with van der Waals surface area (Å²) in [5.74, 6) is 0.632. The van der Waals surface area contributed by atoms with Gasteiger partial charge in [-0.15, -0.1) is 0 Å². The molecule has 1 atom stereocenters. The van der Waals surface area contributed by atoms with Crippen LogP contribution in [0.1, 0.15) is 27.6 Å². The minimum atomic E-state index is -0.456. The van der Waals surface area contributed by atoms with E-state index in [2.05, 4.69) is 0 Å². The van der Waals surface area contributed by atoms with E-state index in [1.165, 1.54) is 6.92 Å². The van der Waals surface area contributed by atoms with Crippen LogP contribution in [0.3, 0.4) is 0 Å². The van der Waals surface area contributed by atoms with Crippen LogP contribution in [0.4, 0.5) is 0 Å². The first-order valence-corrected chi connectivity index (χ1v) is 9.38. The molecule has 3 radical (unpaired) electrons. The zero-order chi connectivity index (χ0) is 15.2. The van der Waals surface area contributed by atoms with Gasteiger partial charge in [-0.05, 0) is 0 Å². The first-order valence-electron chi connectivity index (χ1n) is 6.63. The molecule has 0 amide bonds. The Morgan fingerprint density at radius 3 is 2.14 bits per heavy atom. The zero-order valence-corrected chi connectivity index (χ0v) is 15.6. The number of hydrogen-bond donors (Lipinski definition) is 0. The van der Waals surface area contributed by atoms with Crippen molar-refractivity contribution in [2.75, 3.05) is 0 Å². The second-order valence-corrected chi connectivity index (χ2v) is 6.21. The van der Waals surface area contributed by atoms with Crippen LogP contribution in [0.25, 0.3) is 0 Å². The number of carbonyl (C=O) groups is 2. The van der Waals surface area contributed by atoms with Crippen LogP contribution in [0.5, 0.6) is 5.75 Å². The fraction of sp³-hybridized carbons (Fsp3) is 0.176. The van der Waals surface area contributed by atoms with Crippen LogP contribution in [0.15, 0.2) is 54.6 Å². The fourth-order valence-corrected chi connectivity index (χ4v) is 2.95. The van der Waals surface area contributed by atoms with E-state index < -0.39 is 6.10 Å². The van der Waals surface area contributed by atoms with Crippen LogP contribution in [0, 0.1) is 0 Å². The van der Waals surface area contributed by atoms with Gasteiger partial charge < -0.3 is 0 Å². The Bertz CT molecular complexity index is 620. The van der Waals surface area contributed by atoms with E-state index in [0.29, 0.717) is 16.9 Å². The Balaban J connectivity index is 2.12.